The molecule has 0 radical (unpaired) electrons. The number of halogens is 7. The van der Waals surface area contributed by atoms with Gasteiger partial charge in [-0.05, 0) is 80.4 Å². The predicted molar refractivity (Wildman–Crippen MR) is 202 cm³/mol. The van der Waals surface area contributed by atoms with E-state index in [1.165, 1.54) is 48.5 Å². The molecule has 0 aliphatic rings. The Kier molecular flexibility index (Phi) is 15.2. The molecule has 0 unspecified atom stereocenters. The number of benzene rings is 6. The van der Waals surface area contributed by atoms with Crippen molar-refractivity contribution >= 4 is 17.9 Å². The maximum Gasteiger partial charge on any atom is 0.346 e. The molecule has 0 spiro atoms. The number of carbonyl (C=O) groups is 3. The maximum atomic E-state index is 13.6. The van der Waals surface area contributed by atoms with E-state index in [1.807, 2.05) is 6.92 Å². The average Bonchev–Trinajstić information content (AvgIpc) is 3.18. The van der Waals surface area contributed by atoms with E-state index in [0.717, 1.165) is 29.8 Å². The number of nitriles is 3. The summed E-state index contributed by atoms with van der Waals surface area (Å²) >= 11 is 0. The number of rotatable bonds is 6. The Labute approximate surface area is 342 Å². The van der Waals surface area contributed by atoms with Crippen LogP contribution in [-0.2, 0) is 0 Å². The van der Waals surface area contributed by atoms with Crippen LogP contribution in [0.2, 0.25) is 0 Å². The van der Waals surface area contributed by atoms with Crippen LogP contribution < -0.4 is 14.2 Å². The number of carbonyl (C=O) groups excluding carboxylic acids is 3. The van der Waals surface area contributed by atoms with Gasteiger partial charge in [0.2, 0.25) is 0 Å². The van der Waals surface area contributed by atoms with Crippen LogP contribution in [0.1, 0.15) is 64.5 Å². The zero-order chi connectivity index (χ0) is 45.0. The lowest BCUT2D eigenvalue weighted by Gasteiger charge is -2.07. The van der Waals surface area contributed by atoms with Crippen LogP contribution in [0, 0.1) is 95.5 Å². The van der Waals surface area contributed by atoms with Crippen LogP contribution >= 0.6 is 0 Å². The molecule has 0 heterocycles. The van der Waals surface area contributed by atoms with Crippen molar-refractivity contribution in [3.05, 3.63) is 194 Å². The van der Waals surface area contributed by atoms with Gasteiger partial charge in [0.05, 0.1) is 22.3 Å². The van der Waals surface area contributed by atoms with Gasteiger partial charge in [0.1, 0.15) is 87.3 Å². The van der Waals surface area contributed by atoms with Crippen LogP contribution in [0.25, 0.3) is 0 Å². The number of hydrogen-bond acceptors (Lipinski definition) is 9. The minimum atomic E-state index is -1.16. The van der Waals surface area contributed by atoms with Crippen molar-refractivity contribution in [2.75, 3.05) is 0 Å². The molecule has 0 saturated carbocycles. The van der Waals surface area contributed by atoms with Crippen LogP contribution in [0.5, 0.6) is 17.2 Å². The van der Waals surface area contributed by atoms with Crippen LogP contribution in [0.4, 0.5) is 30.7 Å². The van der Waals surface area contributed by atoms with Gasteiger partial charge in [-0.2, -0.15) is 15.8 Å². The summed E-state index contributed by atoms with van der Waals surface area (Å²) in [4.78, 5) is 35.3. The summed E-state index contributed by atoms with van der Waals surface area (Å²) in [7, 11) is 0. The van der Waals surface area contributed by atoms with E-state index in [1.54, 1.807) is 50.2 Å². The average molecular weight is 838 g/mol. The molecule has 0 N–H and O–H groups in total. The summed E-state index contributed by atoms with van der Waals surface area (Å²) < 4.78 is 108. The van der Waals surface area contributed by atoms with E-state index >= 15 is 0 Å². The molecule has 61 heavy (non-hydrogen) atoms. The Balaban J connectivity index is 0.000000202. The van der Waals surface area contributed by atoms with Gasteiger partial charge >= 0.3 is 17.9 Å². The van der Waals surface area contributed by atoms with Gasteiger partial charge < -0.3 is 14.2 Å². The summed E-state index contributed by atoms with van der Waals surface area (Å²) in [5.41, 5.74) is 0.273. The topological polar surface area (TPSA) is 150 Å². The second kappa shape index (κ2) is 20.4. The van der Waals surface area contributed by atoms with Crippen molar-refractivity contribution in [2.45, 2.75) is 20.8 Å². The molecule has 16 heteroatoms. The molecule has 6 aromatic rings. The first-order valence-electron chi connectivity index (χ1n) is 17.2. The molecule has 0 amide bonds. The highest BCUT2D eigenvalue weighted by molar-refractivity contribution is 5.92. The Morgan fingerprint density at radius 3 is 1.16 bits per heavy atom. The standard InChI is InChI=1S/C15H8F3NO2.2C15H9F2NO2/c1-8-2-3-10(12(16)4-8)15(20)21-9-5-13(17)11(7-19)14(18)6-9;1-9-2-5-12(14(17)6-9)15(19)20-11-4-3-10(8-18)13(16)7-11;1-9-2-4-10(5-3-9)15(19)20-11-6-13(16)12(8-18)14(17)7-11/h2-6H,1H3;2*2-7H,1H3. The van der Waals surface area contributed by atoms with Crippen molar-refractivity contribution in [1.82, 2.24) is 0 Å². The highest BCUT2D eigenvalue weighted by Gasteiger charge is 2.19. The summed E-state index contributed by atoms with van der Waals surface area (Å²) in [5, 5.41) is 25.6. The molecular weight excluding hydrogens is 811 g/mol. The molecule has 0 bridgehead atoms. The summed E-state index contributed by atoms with van der Waals surface area (Å²) in [5.74, 6) is -10.3. The molecule has 0 aromatic heterocycles. The number of aryl methyl sites for hydroxylation is 3. The second-order valence-corrected chi connectivity index (χ2v) is 12.5. The van der Waals surface area contributed by atoms with Gasteiger partial charge in [-0.25, -0.2) is 45.1 Å². The number of hydrogen-bond donors (Lipinski definition) is 0. The molecular formula is C45H26F7N3O6. The lowest BCUT2D eigenvalue weighted by Crippen LogP contribution is -2.11. The lowest BCUT2D eigenvalue weighted by atomic mass is 10.1. The van der Waals surface area contributed by atoms with Gasteiger partial charge in [0, 0.05) is 30.3 Å². The van der Waals surface area contributed by atoms with Gasteiger partial charge in [-0.15, -0.1) is 0 Å². The molecule has 0 fully saturated rings. The third-order valence-corrected chi connectivity index (χ3v) is 7.92. The van der Waals surface area contributed by atoms with E-state index in [9.17, 15) is 45.1 Å². The maximum absolute atomic E-state index is 13.6. The summed E-state index contributed by atoms with van der Waals surface area (Å²) in [6.07, 6.45) is 0. The smallest absolute Gasteiger partial charge is 0.346 e. The largest absolute Gasteiger partial charge is 0.423 e. The predicted octanol–water partition coefficient (Wildman–Crippen LogP) is 10.2. The van der Waals surface area contributed by atoms with Gasteiger partial charge in [0.25, 0.3) is 0 Å². The highest BCUT2D eigenvalue weighted by atomic mass is 19.2. The molecule has 9 nitrogen and oxygen atoms in total. The highest BCUT2D eigenvalue weighted by Crippen LogP contribution is 2.24. The van der Waals surface area contributed by atoms with E-state index in [4.69, 9.17) is 30.0 Å². The van der Waals surface area contributed by atoms with Crippen molar-refractivity contribution in [3.8, 4) is 35.5 Å². The summed E-state index contributed by atoms with van der Waals surface area (Å²) in [6.45, 7) is 5.19. The van der Waals surface area contributed by atoms with Crippen LogP contribution in [-0.4, -0.2) is 17.9 Å². The second-order valence-electron chi connectivity index (χ2n) is 12.5. The summed E-state index contributed by atoms with van der Waals surface area (Å²) in [6, 6.07) is 25.2. The van der Waals surface area contributed by atoms with E-state index < -0.39 is 75.5 Å². The molecule has 306 valence electrons. The Bertz CT molecular complexity index is 2750. The Hall–Kier alpha value is -8.29. The first-order valence-corrected chi connectivity index (χ1v) is 17.2. The SMILES string of the molecule is Cc1ccc(C(=O)Oc2cc(F)c(C#N)c(F)c2)c(F)c1.Cc1ccc(C(=O)Oc2cc(F)c(C#N)c(F)c2)cc1.Cc1ccc(C(=O)Oc2ccc(C#N)c(F)c2)c(F)c1. The lowest BCUT2D eigenvalue weighted by molar-refractivity contribution is 0.0719. The minimum absolute atomic E-state index is 0.0912. The van der Waals surface area contributed by atoms with E-state index in [-0.39, 0.29) is 33.8 Å². The third kappa shape index (κ3) is 12.1. The van der Waals surface area contributed by atoms with Crippen molar-refractivity contribution in [1.29, 1.82) is 15.8 Å². The zero-order valence-electron chi connectivity index (χ0n) is 31.8. The molecule has 0 atom stereocenters. The number of esters is 3. The molecule has 6 aromatic carbocycles. The molecule has 0 aliphatic heterocycles. The quantitative estimate of drug-likeness (QED) is 0.0907. The Morgan fingerprint density at radius 2 is 0.787 bits per heavy atom. The van der Waals surface area contributed by atoms with Crippen molar-refractivity contribution in [3.63, 3.8) is 0 Å². The fourth-order valence-corrected chi connectivity index (χ4v) is 4.83. The van der Waals surface area contributed by atoms with Crippen LogP contribution in [0.3, 0.4) is 0 Å². The molecule has 6 rings (SSSR count). The van der Waals surface area contributed by atoms with Gasteiger partial charge in [-0.3, -0.25) is 0 Å². The van der Waals surface area contributed by atoms with Gasteiger partial charge in [-0.1, -0.05) is 29.8 Å². The number of ether oxygens (including phenoxy) is 3. The zero-order valence-corrected chi connectivity index (χ0v) is 31.8. The van der Waals surface area contributed by atoms with Crippen LogP contribution in [0.15, 0.2) is 103 Å². The van der Waals surface area contributed by atoms with Crippen molar-refractivity contribution < 1.29 is 59.3 Å². The number of nitrogens with zero attached hydrogens (tertiary/aromatic N) is 3. The minimum Gasteiger partial charge on any atom is -0.423 e. The Morgan fingerprint density at radius 1 is 0.410 bits per heavy atom. The molecule has 0 saturated heterocycles. The monoisotopic (exact) mass is 837 g/mol. The third-order valence-electron chi connectivity index (χ3n) is 7.92. The van der Waals surface area contributed by atoms with E-state index in [2.05, 4.69) is 0 Å². The van der Waals surface area contributed by atoms with Crippen molar-refractivity contribution in [2.24, 2.45) is 0 Å². The van der Waals surface area contributed by atoms with Gasteiger partial charge in [0.15, 0.2) is 0 Å². The first-order chi connectivity index (χ1) is 28.9. The fourth-order valence-electron chi connectivity index (χ4n) is 4.83. The normalized spacial score (nSPS) is 9.95. The fraction of sp³-hybridized carbons (Fsp3) is 0.0667. The van der Waals surface area contributed by atoms with E-state index in [0.29, 0.717) is 23.3 Å². The molecule has 0 aliphatic carbocycles. The first kappa shape index (κ1) is 45.4.